The van der Waals surface area contributed by atoms with Crippen molar-refractivity contribution in [3.63, 3.8) is 0 Å². The SMILES string of the molecule is CC(C)=CCSCCC(=O)O. The fraction of sp³-hybridized carbons (Fsp3) is 0.625. The minimum Gasteiger partial charge on any atom is -0.481 e. The largest absolute Gasteiger partial charge is 0.481 e. The van der Waals surface area contributed by atoms with Gasteiger partial charge in [-0.3, -0.25) is 4.79 Å². The van der Waals surface area contributed by atoms with Crippen LogP contribution in [0.25, 0.3) is 0 Å². The molecule has 64 valence electrons. The fourth-order valence-electron chi connectivity index (χ4n) is 0.468. The molecule has 0 saturated heterocycles. The van der Waals surface area contributed by atoms with Crippen LogP contribution in [0.15, 0.2) is 11.6 Å². The Morgan fingerprint density at radius 3 is 2.64 bits per heavy atom. The number of carboxylic acid groups (broad SMARTS) is 1. The molecule has 0 atom stereocenters. The number of allylic oxidation sites excluding steroid dienone is 1. The Morgan fingerprint density at radius 2 is 2.18 bits per heavy atom. The van der Waals surface area contributed by atoms with Gasteiger partial charge in [0.1, 0.15) is 0 Å². The van der Waals surface area contributed by atoms with Crippen molar-refractivity contribution < 1.29 is 9.90 Å². The van der Waals surface area contributed by atoms with Crippen LogP contribution in [-0.2, 0) is 4.79 Å². The molecule has 0 radical (unpaired) electrons. The van der Waals surface area contributed by atoms with Gasteiger partial charge in [-0.25, -0.2) is 0 Å². The van der Waals surface area contributed by atoms with Gasteiger partial charge in [-0.2, -0.15) is 11.8 Å². The molecule has 0 spiro atoms. The predicted molar refractivity (Wildman–Crippen MR) is 49.0 cm³/mol. The topological polar surface area (TPSA) is 37.3 Å². The lowest BCUT2D eigenvalue weighted by Gasteiger charge is -1.94. The minimum absolute atomic E-state index is 0.265. The van der Waals surface area contributed by atoms with Crippen LogP contribution in [-0.4, -0.2) is 22.6 Å². The molecule has 2 nitrogen and oxygen atoms in total. The zero-order valence-electron chi connectivity index (χ0n) is 6.96. The summed E-state index contributed by atoms with van der Waals surface area (Å²) in [6, 6.07) is 0. The summed E-state index contributed by atoms with van der Waals surface area (Å²) < 4.78 is 0. The number of rotatable bonds is 5. The summed E-state index contributed by atoms with van der Waals surface area (Å²) in [6.07, 6.45) is 2.37. The molecular weight excluding hydrogens is 160 g/mol. The molecular formula is C8H14O2S. The van der Waals surface area contributed by atoms with Crippen LogP contribution in [0.1, 0.15) is 20.3 Å². The first-order chi connectivity index (χ1) is 5.13. The molecule has 0 aromatic rings. The molecule has 1 N–H and O–H groups in total. The lowest BCUT2D eigenvalue weighted by molar-refractivity contribution is -0.136. The van der Waals surface area contributed by atoms with Gasteiger partial charge in [0.2, 0.25) is 0 Å². The maximum absolute atomic E-state index is 10.1. The summed E-state index contributed by atoms with van der Waals surface area (Å²) in [6.45, 7) is 4.08. The van der Waals surface area contributed by atoms with Gasteiger partial charge in [0, 0.05) is 11.5 Å². The van der Waals surface area contributed by atoms with Gasteiger partial charge in [-0.1, -0.05) is 11.6 Å². The monoisotopic (exact) mass is 174 g/mol. The summed E-state index contributed by atoms with van der Waals surface area (Å²) >= 11 is 1.65. The van der Waals surface area contributed by atoms with Gasteiger partial charge in [-0.15, -0.1) is 0 Å². The van der Waals surface area contributed by atoms with E-state index in [9.17, 15) is 4.79 Å². The van der Waals surface area contributed by atoms with E-state index < -0.39 is 5.97 Å². The molecule has 0 fully saturated rings. The molecule has 0 amide bonds. The number of aliphatic carboxylic acids is 1. The van der Waals surface area contributed by atoms with Gasteiger partial charge in [0.05, 0.1) is 6.42 Å². The highest BCUT2D eigenvalue weighted by atomic mass is 32.2. The zero-order valence-corrected chi connectivity index (χ0v) is 7.78. The van der Waals surface area contributed by atoms with E-state index in [1.54, 1.807) is 11.8 Å². The minimum atomic E-state index is -0.713. The summed E-state index contributed by atoms with van der Waals surface area (Å²) in [4.78, 5) is 10.1. The average molecular weight is 174 g/mol. The Kier molecular flexibility index (Phi) is 6.03. The van der Waals surface area contributed by atoms with Crippen molar-refractivity contribution in [2.75, 3.05) is 11.5 Å². The molecule has 0 rings (SSSR count). The van der Waals surface area contributed by atoms with E-state index >= 15 is 0 Å². The smallest absolute Gasteiger partial charge is 0.304 e. The quantitative estimate of drug-likeness (QED) is 0.512. The Hall–Kier alpha value is -0.440. The van der Waals surface area contributed by atoms with Crippen LogP contribution in [0, 0.1) is 0 Å². The zero-order chi connectivity index (χ0) is 8.69. The molecule has 0 unspecified atom stereocenters. The third-order valence-electron chi connectivity index (χ3n) is 1.07. The molecule has 0 heterocycles. The third kappa shape index (κ3) is 9.56. The normalized spacial score (nSPS) is 9.27. The van der Waals surface area contributed by atoms with Crippen LogP contribution in [0.4, 0.5) is 0 Å². The second kappa shape index (κ2) is 6.28. The Labute approximate surface area is 71.7 Å². The highest BCUT2D eigenvalue weighted by molar-refractivity contribution is 7.99. The Balaban J connectivity index is 3.15. The van der Waals surface area contributed by atoms with Gasteiger partial charge in [0.25, 0.3) is 0 Å². The second-order valence-electron chi connectivity index (χ2n) is 2.50. The summed E-state index contributed by atoms with van der Waals surface area (Å²) in [5.74, 6) is 0.920. The van der Waals surface area contributed by atoms with E-state index in [0.717, 1.165) is 5.75 Å². The Morgan fingerprint density at radius 1 is 1.55 bits per heavy atom. The molecule has 0 aliphatic rings. The van der Waals surface area contributed by atoms with Gasteiger partial charge in [-0.05, 0) is 13.8 Å². The van der Waals surface area contributed by atoms with E-state index in [1.165, 1.54) is 5.57 Å². The average Bonchev–Trinajstić information content (AvgIpc) is 1.85. The predicted octanol–water partition coefficient (Wildman–Crippen LogP) is 2.16. The van der Waals surface area contributed by atoms with E-state index in [-0.39, 0.29) is 6.42 Å². The van der Waals surface area contributed by atoms with E-state index in [4.69, 9.17) is 5.11 Å². The van der Waals surface area contributed by atoms with Gasteiger partial charge in [0.15, 0.2) is 0 Å². The van der Waals surface area contributed by atoms with E-state index in [0.29, 0.717) is 5.75 Å². The maximum Gasteiger partial charge on any atom is 0.304 e. The fourth-order valence-corrected chi connectivity index (χ4v) is 1.41. The van der Waals surface area contributed by atoms with Crippen molar-refractivity contribution in [2.45, 2.75) is 20.3 Å². The number of thioether (sulfide) groups is 1. The molecule has 0 bridgehead atoms. The number of carbonyl (C=O) groups is 1. The molecule has 0 aliphatic heterocycles. The van der Waals surface area contributed by atoms with Crippen molar-refractivity contribution in [1.29, 1.82) is 0 Å². The molecule has 0 aromatic heterocycles. The van der Waals surface area contributed by atoms with Crippen LogP contribution in [0.2, 0.25) is 0 Å². The van der Waals surface area contributed by atoms with Crippen molar-refractivity contribution in [1.82, 2.24) is 0 Å². The Bertz CT molecular complexity index is 148. The summed E-state index contributed by atoms with van der Waals surface area (Å²) in [5.41, 5.74) is 1.29. The lowest BCUT2D eigenvalue weighted by Crippen LogP contribution is -1.95. The highest BCUT2D eigenvalue weighted by Crippen LogP contribution is 2.04. The van der Waals surface area contributed by atoms with Crippen molar-refractivity contribution in [3.05, 3.63) is 11.6 Å². The van der Waals surface area contributed by atoms with Crippen LogP contribution < -0.4 is 0 Å². The van der Waals surface area contributed by atoms with Gasteiger partial charge >= 0.3 is 5.97 Å². The van der Waals surface area contributed by atoms with Crippen molar-refractivity contribution in [2.24, 2.45) is 0 Å². The standard InChI is InChI=1S/C8H14O2S/c1-7(2)3-5-11-6-4-8(9)10/h3H,4-6H2,1-2H3,(H,9,10). The van der Waals surface area contributed by atoms with Crippen LogP contribution >= 0.6 is 11.8 Å². The number of carboxylic acids is 1. The van der Waals surface area contributed by atoms with E-state index in [2.05, 4.69) is 6.08 Å². The van der Waals surface area contributed by atoms with Crippen LogP contribution in [0.3, 0.4) is 0 Å². The third-order valence-corrected chi connectivity index (χ3v) is 1.96. The van der Waals surface area contributed by atoms with Crippen molar-refractivity contribution >= 4 is 17.7 Å². The first-order valence-corrected chi connectivity index (χ1v) is 4.71. The summed E-state index contributed by atoms with van der Waals surface area (Å²) in [7, 11) is 0. The first-order valence-electron chi connectivity index (χ1n) is 3.56. The molecule has 3 heteroatoms. The molecule has 11 heavy (non-hydrogen) atoms. The highest BCUT2D eigenvalue weighted by Gasteiger charge is 1.94. The second-order valence-corrected chi connectivity index (χ2v) is 3.65. The maximum atomic E-state index is 10.1. The molecule has 0 aliphatic carbocycles. The van der Waals surface area contributed by atoms with E-state index in [1.807, 2.05) is 13.8 Å². The lowest BCUT2D eigenvalue weighted by atomic mass is 10.3. The molecule has 0 aromatic carbocycles. The van der Waals surface area contributed by atoms with Crippen LogP contribution in [0.5, 0.6) is 0 Å². The summed E-state index contributed by atoms with van der Waals surface area (Å²) in [5, 5.41) is 8.29. The number of hydrogen-bond donors (Lipinski definition) is 1. The first kappa shape index (κ1) is 10.6. The molecule has 0 saturated carbocycles. The number of hydrogen-bond acceptors (Lipinski definition) is 2. The van der Waals surface area contributed by atoms with Gasteiger partial charge < -0.3 is 5.11 Å². The van der Waals surface area contributed by atoms with Crippen molar-refractivity contribution in [3.8, 4) is 0 Å².